The maximum Gasteiger partial charge on any atom is 0.195 e. The van der Waals surface area contributed by atoms with E-state index < -0.39 is 0 Å². The van der Waals surface area contributed by atoms with Crippen molar-refractivity contribution in [3.05, 3.63) is 18.2 Å². The van der Waals surface area contributed by atoms with Crippen LogP contribution in [0.25, 0.3) is 0 Å². The van der Waals surface area contributed by atoms with Gasteiger partial charge in [0.25, 0.3) is 0 Å². The second-order valence-corrected chi connectivity index (χ2v) is 7.14. The van der Waals surface area contributed by atoms with Gasteiger partial charge in [0.15, 0.2) is 17.5 Å². The molecule has 2 N–H and O–H groups in total. The average molecular weight is 394 g/mol. The van der Waals surface area contributed by atoms with E-state index in [0.29, 0.717) is 45.5 Å². The third-order valence-electron chi connectivity index (χ3n) is 4.17. The zero-order chi connectivity index (χ0) is 20.0. The van der Waals surface area contributed by atoms with E-state index in [4.69, 9.17) is 18.9 Å². The van der Waals surface area contributed by atoms with Gasteiger partial charge in [-0.1, -0.05) is 13.8 Å². The molecule has 0 saturated carbocycles. The fourth-order valence-corrected chi connectivity index (χ4v) is 2.60. The van der Waals surface area contributed by atoms with Crippen LogP contribution in [0.3, 0.4) is 0 Å². The fourth-order valence-electron chi connectivity index (χ4n) is 2.60. The van der Waals surface area contributed by atoms with Crippen LogP contribution in [0.1, 0.15) is 33.1 Å². The number of nitrogens with zero attached hydrogens (tertiary/aromatic N) is 1. The Balaban J connectivity index is 1.90. The first kappa shape index (κ1) is 22.3. The van der Waals surface area contributed by atoms with Gasteiger partial charge in [-0.2, -0.15) is 0 Å². The van der Waals surface area contributed by atoms with Crippen LogP contribution < -0.4 is 20.1 Å². The first-order chi connectivity index (χ1) is 13.7. The molecule has 0 spiro atoms. The highest BCUT2D eigenvalue weighted by atomic mass is 16.5. The van der Waals surface area contributed by atoms with Crippen LogP contribution in [-0.2, 0) is 9.47 Å². The molecule has 7 nitrogen and oxygen atoms in total. The van der Waals surface area contributed by atoms with Gasteiger partial charge in [-0.15, -0.1) is 0 Å². The lowest BCUT2D eigenvalue weighted by Crippen LogP contribution is -2.32. The number of ether oxygens (including phenoxy) is 4. The number of fused-ring (bicyclic) bond motifs is 1. The Kier molecular flexibility index (Phi) is 10.5. The van der Waals surface area contributed by atoms with Crippen molar-refractivity contribution in [2.24, 2.45) is 10.9 Å². The Morgan fingerprint density at radius 3 is 2.75 bits per heavy atom. The standard InChI is InChI=1S/C21H35N3O4/c1-17(2)8-10-23-21(22-9-4-11-26-15-14-25-3)24-18-6-7-19-20(16-18)28-13-5-12-27-19/h6-7,16-17H,4-5,8-15H2,1-3H3,(H2,22,23,24). The Labute approximate surface area is 168 Å². The monoisotopic (exact) mass is 393 g/mol. The molecule has 0 fully saturated rings. The van der Waals surface area contributed by atoms with Crippen molar-refractivity contribution in [2.45, 2.75) is 33.1 Å². The van der Waals surface area contributed by atoms with Crippen LogP contribution in [0.4, 0.5) is 5.69 Å². The van der Waals surface area contributed by atoms with Crippen LogP contribution in [0, 0.1) is 5.92 Å². The topological polar surface area (TPSA) is 73.3 Å². The summed E-state index contributed by atoms with van der Waals surface area (Å²) in [4.78, 5) is 4.68. The zero-order valence-electron chi connectivity index (χ0n) is 17.5. The lowest BCUT2D eigenvalue weighted by molar-refractivity contribution is 0.0702. The average Bonchev–Trinajstić information content (AvgIpc) is 2.91. The number of methoxy groups -OCH3 is 1. The molecule has 0 radical (unpaired) electrons. The fraction of sp³-hybridized carbons (Fsp3) is 0.667. The molecule has 28 heavy (non-hydrogen) atoms. The zero-order valence-corrected chi connectivity index (χ0v) is 17.5. The Morgan fingerprint density at radius 2 is 1.96 bits per heavy atom. The van der Waals surface area contributed by atoms with E-state index in [1.807, 2.05) is 18.2 Å². The molecule has 7 heteroatoms. The highest BCUT2D eigenvalue weighted by molar-refractivity contribution is 5.93. The molecular formula is C21H35N3O4. The van der Waals surface area contributed by atoms with Gasteiger partial charge in [0.1, 0.15) is 0 Å². The summed E-state index contributed by atoms with van der Waals surface area (Å²) in [6.07, 6.45) is 2.84. The molecule has 0 saturated heterocycles. The van der Waals surface area contributed by atoms with E-state index in [2.05, 4.69) is 29.5 Å². The molecule has 1 aromatic rings. The summed E-state index contributed by atoms with van der Waals surface area (Å²) in [6, 6.07) is 5.90. The third kappa shape index (κ3) is 8.80. The summed E-state index contributed by atoms with van der Waals surface area (Å²) in [6.45, 7) is 9.28. The predicted molar refractivity (Wildman–Crippen MR) is 113 cm³/mol. The molecule has 2 rings (SSSR count). The number of guanidine groups is 1. The molecule has 0 bridgehead atoms. The maximum absolute atomic E-state index is 5.78. The molecule has 158 valence electrons. The number of hydrogen-bond donors (Lipinski definition) is 2. The van der Waals surface area contributed by atoms with Gasteiger partial charge in [-0.05, 0) is 30.9 Å². The predicted octanol–water partition coefficient (Wildman–Crippen LogP) is 3.30. The molecule has 0 atom stereocenters. The van der Waals surface area contributed by atoms with E-state index in [1.165, 1.54) is 0 Å². The minimum atomic E-state index is 0.620. The normalized spacial score (nSPS) is 14.1. The molecule has 0 unspecified atom stereocenters. The largest absolute Gasteiger partial charge is 0.490 e. The summed E-state index contributed by atoms with van der Waals surface area (Å²) in [5.41, 5.74) is 0.927. The molecule has 0 aromatic heterocycles. The lowest BCUT2D eigenvalue weighted by Gasteiger charge is -2.15. The van der Waals surface area contributed by atoms with Crippen LogP contribution in [0.2, 0.25) is 0 Å². The van der Waals surface area contributed by atoms with E-state index in [1.54, 1.807) is 7.11 Å². The quantitative estimate of drug-likeness (QED) is 0.341. The second-order valence-electron chi connectivity index (χ2n) is 7.14. The number of anilines is 1. The van der Waals surface area contributed by atoms with Crippen molar-refractivity contribution in [1.29, 1.82) is 0 Å². The van der Waals surface area contributed by atoms with Crippen LogP contribution in [0.5, 0.6) is 11.5 Å². The Morgan fingerprint density at radius 1 is 1.14 bits per heavy atom. The van der Waals surface area contributed by atoms with Crippen molar-refractivity contribution in [3.63, 3.8) is 0 Å². The Hall–Kier alpha value is -1.99. The number of rotatable bonds is 11. The third-order valence-corrected chi connectivity index (χ3v) is 4.17. The van der Waals surface area contributed by atoms with Gasteiger partial charge in [-0.3, -0.25) is 4.99 Å². The second kappa shape index (κ2) is 13.2. The molecule has 1 aliphatic rings. The smallest absolute Gasteiger partial charge is 0.195 e. The first-order valence-corrected chi connectivity index (χ1v) is 10.2. The van der Waals surface area contributed by atoms with Gasteiger partial charge in [0, 0.05) is 45.0 Å². The maximum atomic E-state index is 5.78. The van der Waals surface area contributed by atoms with Gasteiger partial charge < -0.3 is 29.6 Å². The molecule has 1 aliphatic heterocycles. The van der Waals surface area contributed by atoms with Crippen LogP contribution in [-0.4, -0.2) is 59.2 Å². The Bertz CT molecular complexity index is 593. The number of nitrogens with one attached hydrogen (secondary N) is 2. The van der Waals surface area contributed by atoms with Gasteiger partial charge in [0.2, 0.25) is 0 Å². The van der Waals surface area contributed by atoms with E-state index in [0.717, 1.165) is 49.0 Å². The van der Waals surface area contributed by atoms with Crippen molar-refractivity contribution in [1.82, 2.24) is 5.32 Å². The van der Waals surface area contributed by atoms with Gasteiger partial charge >= 0.3 is 0 Å². The first-order valence-electron chi connectivity index (χ1n) is 10.2. The molecule has 0 aliphatic carbocycles. The summed E-state index contributed by atoms with van der Waals surface area (Å²) in [5, 5.41) is 6.79. The summed E-state index contributed by atoms with van der Waals surface area (Å²) < 4.78 is 21.9. The minimum absolute atomic E-state index is 0.620. The van der Waals surface area contributed by atoms with Crippen LogP contribution >= 0.6 is 0 Å². The van der Waals surface area contributed by atoms with Crippen molar-refractivity contribution in [2.75, 3.05) is 58.6 Å². The van der Waals surface area contributed by atoms with Gasteiger partial charge in [-0.25, -0.2) is 0 Å². The van der Waals surface area contributed by atoms with Crippen LogP contribution in [0.15, 0.2) is 23.2 Å². The SMILES string of the molecule is COCCOCCCN=C(NCCC(C)C)Nc1ccc2c(c1)OCCCO2. The van der Waals surface area contributed by atoms with Gasteiger partial charge in [0.05, 0.1) is 26.4 Å². The van der Waals surface area contributed by atoms with E-state index in [9.17, 15) is 0 Å². The molecule has 1 heterocycles. The molecule has 1 aromatic carbocycles. The molecule has 0 amide bonds. The summed E-state index contributed by atoms with van der Waals surface area (Å²) in [5.74, 6) is 2.98. The van der Waals surface area contributed by atoms with E-state index >= 15 is 0 Å². The highest BCUT2D eigenvalue weighted by Crippen LogP contribution is 2.32. The van der Waals surface area contributed by atoms with E-state index in [-0.39, 0.29) is 0 Å². The molecular weight excluding hydrogens is 358 g/mol. The van der Waals surface area contributed by atoms with Crippen molar-refractivity contribution >= 4 is 11.6 Å². The summed E-state index contributed by atoms with van der Waals surface area (Å²) >= 11 is 0. The highest BCUT2D eigenvalue weighted by Gasteiger charge is 2.11. The minimum Gasteiger partial charge on any atom is -0.490 e. The number of hydrogen-bond acceptors (Lipinski definition) is 5. The van der Waals surface area contributed by atoms with Crippen molar-refractivity contribution in [3.8, 4) is 11.5 Å². The van der Waals surface area contributed by atoms with Crippen molar-refractivity contribution < 1.29 is 18.9 Å². The number of aliphatic imine (C=N–C) groups is 1. The summed E-state index contributed by atoms with van der Waals surface area (Å²) in [7, 11) is 1.67. The number of benzene rings is 1. The lowest BCUT2D eigenvalue weighted by atomic mass is 10.1.